The minimum Gasteiger partial charge on any atom is -0.208 e. The molecule has 0 aliphatic carbocycles. The molecule has 1 aromatic heterocycles. The zero-order chi connectivity index (χ0) is 34.4. The molecule has 8 aromatic rings. The third kappa shape index (κ3) is 5.23. The number of hydrogen-bond acceptors (Lipinski definition) is 3. The van der Waals surface area contributed by atoms with Crippen LogP contribution >= 0.6 is 0 Å². The summed E-state index contributed by atoms with van der Waals surface area (Å²) in [5.41, 5.74) is 10.3. The largest absolute Gasteiger partial charge is 0.208 e. The molecule has 242 valence electrons. The standard InChI is InChI=1S/C47H35N3Si/c1-32-23-27-38(28-24-32)51(39-29-25-33(2)26-30-39)43-22-10-9-19-40(43)41-20-12-21-42(44(41)51)47-49-45(35-15-7-4-8-16-35)48-46(50-47)37-18-11-17-36(31-37)34-13-5-3-6-14-34/h3-31H,1-2H3. The molecule has 0 unspecified atom stereocenters. The molecule has 51 heavy (non-hydrogen) atoms. The molecule has 0 bridgehead atoms. The van der Waals surface area contributed by atoms with Gasteiger partial charge in [0.2, 0.25) is 0 Å². The van der Waals surface area contributed by atoms with Gasteiger partial charge in [0.25, 0.3) is 0 Å². The van der Waals surface area contributed by atoms with E-state index in [0.717, 1.165) is 27.8 Å². The van der Waals surface area contributed by atoms with Crippen LogP contribution in [0, 0.1) is 13.8 Å². The van der Waals surface area contributed by atoms with E-state index >= 15 is 0 Å². The van der Waals surface area contributed by atoms with Crippen LogP contribution in [0.4, 0.5) is 0 Å². The lowest BCUT2D eigenvalue weighted by Crippen LogP contribution is -2.73. The van der Waals surface area contributed by atoms with Gasteiger partial charge in [0.15, 0.2) is 25.5 Å². The first-order valence-corrected chi connectivity index (χ1v) is 19.4. The number of aryl methyl sites for hydroxylation is 2. The van der Waals surface area contributed by atoms with E-state index < -0.39 is 8.07 Å². The molecule has 0 fully saturated rings. The third-order valence-electron chi connectivity index (χ3n) is 10.2. The molecule has 9 rings (SSSR count). The van der Waals surface area contributed by atoms with Crippen molar-refractivity contribution in [2.24, 2.45) is 0 Å². The van der Waals surface area contributed by atoms with Crippen molar-refractivity contribution in [2.75, 3.05) is 0 Å². The maximum absolute atomic E-state index is 5.36. The van der Waals surface area contributed by atoms with Crippen LogP contribution in [-0.4, -0.2) is 23.0 Å². The third-order valence-corrected chi connectivity index (χ3v) is 15.1. The van der Waals surface area contributed by atoms with E-state index in [1.807, 2.05) is 24.3 Å². The summed E-state index contributed by atoms with van der Waals surface area (Å²) in [7, 11) is -2.85. The molecule has 0 amide bonds. The fourth-order valence-electron chi connectivity index (χ4n) is 7.73. The topological polar surface area (TPSA) is 38.7 Å². The normalized spacial score (nSPS) is 12.7. The van der Waals surface area contributed by atoms with Crippen LogP contribution in [0.25, 0.3) is 56.4 Å². The quantitative estimate of drug-likeness (QED) is 0.167. The van der Waals surface area contributed by atoms with Crippen molar-refractivity contribution >= 4 is 28.8 Å². The van der Waals surface area contributed by atoms with Gasteiger partial charge >= 0.3 is 0 Å². The number of benzene rings is 7. The Bertz CT molecular complexity index is 2480. The number of rotatable bonds is 6. The van der Waals surface area contributed by atoms with Crippen LogP contribution in [0.15, 0.2) is 176 Å². The zero-order valence-electron chi connectivity index (χ0n) is 28.6. The summed E-state index contributed by atoms with van der Waals surface area (Å²) in [5.74, 6) is 2.00. The molecule has 0 N–H and O–H groups in total. The van der Waals surface area contributed by atoms with Gasteiger partial charge in [0.05, 0.1) is 0 Å². The summed E-state index contributed by atoms with van der Waals surface area (Å²) in [6.45, 7) is 4.33. The van der Waals surface area contributed by atoms with E-state index in [1.54, 1.807) is 0 Å². The molecule has 7 aromatic carbocycles. The van der Waals surface area contributed by atoms with Gasteiger partial charge in [-0.1, -0.05) is 181 Å². The van der Waals surface area contributed by atoms with Crippen LogP contribution in [-0.2, 0) is 0 Å². The van der Waals surface area contributed by atoms with Gasteiger partial charge in [0, 0.05) is 16.7 Å². The molecule has 0 spiro atoms. The minimum atomic E-state index is -2.85. The summed E-state index contributed by atoms with van der Waals surface area (Å²) >= 11 is 0. The van der Waals surface area contributed by atoms with Gasteiger partial charge in [0.1, 0.15) is 0 Å². The molecule has 2 heterocycles. The Hall–Kier alpha value is -6.23. The number of hydrogen-bond donors (Lipinski definition) is 0. The smallest absolute Gasteiger partial charge is 0.181 e. The molecule has 0 saturated heterocycles. The Morgan fingerprint density at radius 2 is 0.824 bits per heavy atom. The van der Waals surface area contributed by atoms with Crippen LogP contribution in [0.5, 0.6) is 0 Å². The van der Waals surface area contributed by atoms with E-state index in [4.69, 9.17) is 15.0 Å². The second kappa shape index (κ2) is 12.6. The Labute approximate surface area is 300 Å². The monoisotopic (exact) mass is 669 g/mol. The van der Waals surface area contributed by atoms with Gasteiger partial charge in [-0.3, -0.25) is 0 Å². The summed E-state index contributed by atoms with van der Waals surface area (Å²) in [5, 5.41) is 5.42. The lowest BCUT2D eigenvalue weighted by Gasteiger charge is -2.32. The first kappa shape index (κ1) is 30.8. The van der Waals surface area contributed by atoms with Crippen molar-refractivity contribution in [3.63, 3.8) is 0 Å². The molecule has 0 radical (unpaired) electrons. The maximum atomic E-state index is 5.36. The van der Waals surface area contributed by atoms with E-state index in [-0.39, 0.29) is 0 Å². The summed E-state index contributed by atoms with van der Waals surface area (Å²) < 4.78 is 0. The van der Waals surface area contributed by atoms with Crippen LogP contribution < -0.4 is 20.7 Å². The van der Waals surface area contributed by atoms with E-state index in [1.165, 1.54) is 43.0 Å². The predicted molar refractivity (Wildman–Crippen MR) is 214 cm³/mol. The average molecular weight is 670 g/mol. The van der Waals surface area contributed by atoms with Gasteiger partial charge in [-0.25, -0.2) is 15.0 Å². The molecule has 1 aliphatic rings. The first-order chi connectivity index (χ1) is 25.1. The zero-order valence-corrected chi connectivity index (χ0v) is 29.6. The molecular formula is C47H35N3Si. The fourth-order valence-corrected chi connectivity index (χ4v) is 13.1. The van der Waals surface area contributed by atoms with E-state index in [9.17, 15) is 0 Å². The summed E-state index contributed by atoms with van der Waals surface area (Å²) in [6.07, 6.45) is 0. The lowest BCUT2D eigenvalue weighted by molar-refractivity contribution is 1.08. The van der Waals surface area contributed by atoms with Gasteiger partial charge in [-0.15, -0.1) is 0 Å². The highest BCUT2D eigenvalue weighted by Crippen LogP contribution is 2.34. The second-order valence-corrected chi connectivity index (χ2v) is 17.1. The number of fused-ring (bicyclic) bond motifs is 3. The Morgan fingerprint density at radius 1 is 0.353 bits per heavy atom. The number of aromatic nitrogens is 3. The first-order valence-electron chi connectivity index (χ1n) is 17.4. The van der Waals surface area contributed by atoms with E-state index in [2.05, 4.69) is 166 Å². The molecule has 1 aliphatic heterocycles. The SMILES string of the molecule is Cc1ccc([Si]2(c3ccc(C)cc3)c3ccccc3-c3cccc(-c4nc(-c5ccccc5)nc(-c5cccc(-c6ccccc6)c5)n4)c32)cc1. The second-order valence-electron chi connectivity index (χ2n) is 13.4. The van der Waals surface area contributed by atoms with Crippen molar-refractivity contribution in [1.82, 2.24) is 15.0 Å². The van der Waals surface area contributed by atoms with Crippen molar-refractivity contribution in [3.8, 4) is 56.4 Å². The highest BCUT2D eigenvalue weighted by molar-refractivity contribution is 7.22. The van der Waals surface area contributed by atoms with Crippen LogP contribution in [0.3, 0.4) is 0 Å². The van der Waals surface area contributed by atoms with Crippen molar-refractivity contribution < 1.29 is 0 Å². The van der Waals surface area contributed by atoms with Crippen LogP contribution in [0.1, 0.15) is 11.1 Å². The van der Waals surface area contributed by atoms with Crippen molar-refractivity contribution in [1.29, 1.82) is 0 Å². The minimum absolute atomic E-state index is 0.655. The Morgan fingerprint density at radius 3 is 1.49 bits per heavy atom. The number of nitrogens with zero attached hydrogens (tertiary/aromatic N) is 3. The van der Waals surface area contributed by atoms with Crippen molar-refractivity contribution in [2.45, 2.75) is 13.8 Å². The average Bonchev–Trinajstić information content (AvgIpc) is 3.50. The fraction of sp³-hybridized carbons (Fsp3) is 0.0426. The van der Waals surface area contributed by atoms with Gasteiger partial charge < -0.3 is 0 Å². The molecule has 4 heteroatoms. The Kier molecular flexibility index (Phi) is 7.60. The highest BCUT2D eigenvalue weighted by atomic mass is 28.3. The van der Waals surface area contributed by atoms with Gasteiger partial charge in [-0.2, -0.15) is 0 Å². The van der Waals surface area contributed by atoms with Crippen molar-refractivity contribution in [3.05, 3.63) is 187 Å². The maximum Gasteiger partial charge on any atom is 0.181 e. The lowest BCUT2D eigenvalue weighted by atomic mass is 10.0. The molecule has 0 atom stereocenters. The van der Waals surface area contributed by atoms with Crippen LogP contribution in [0.2, 0.25) is 0 Å². The summed E-state index contributed by atoms with van der Waals surface area (Å²) in [4.78, 5) is 15.8. The molecule has 3 nitrogen and oxygen atoms in total. The van der Waals surface area contributed by atoms with E-state index in [0.29, 0.717) is 17.5 Å². The summed E-state index contributed by atoms with van der Waals surface area (Å²) in [6, 6.07) is 63.4. The Balaban J connectivity index is 1.35. The predicted octanol–water partition coefficient (Wildman–Crippen LogP) is 8.51. The highest BCUT2D eigenvalue weighted by Gasteiger charge is 2.50. The molecule has 0 saturated carbocycles. The molecular weight excluding hydrogens is 635 g/mol. The van der Waals surface area contributed by atoms with Gasteiger partial charge in [-0.05, 0) is 62.9 Å².